The summed E-state index contributed by atoms with van der Waals surface area (Å²) < 4.78 is 13.5. The Hall–Kier alpha value is -0.390. The zero-order valence-electron chi connectivity index (χ0n) is 8.65. The number of rotatable bonds is 3. The third-order valence-electron chi connectivity index (χ3n) is 2.69. The van der Waals surface area contributed by atoms with Crippen LogP contribution < -0.4 is 4.90 Å². The maximum absolute atomic E-state index is 5.99. The summed E-state index contributed by atoms with van der Waals surface area (Å²) in [6.07, 6.45) is 3.58. The Balaban J connectivity index is 2.14. The van der Waals surface area contributed by atoms with Crippen molar-refractivity contribution in [1.29, 1.82) is 0 Å². The molecule has 0 spiro atoms. The molecule has 0 aliphatic carbocycles. The topological polar surface area (TPSA) is 38.2 Å². The number of hydrogen-bond acceptors (Lipinski definition) is 5. The highest BCUT2D eigenvalue weighted by molar-refractivity contribution is 6.99. The molecular weight excluding hydrogens is 234 g/mol. The minimum Gasteiger partial charge on any atom is -0.383 e. The van der Waals surface area contributed by atoms with Crippen molar-refractivity contribution in [3.05, 3.63) is 5.15 Å². The molecule has 6 heteroatoms. The molecule has 2 heterocycles. The summed E-state index contributed by atoms with van der Waals surface area (Å²) in [6, 6.07) is 0.394. The molecule has 1 aromatic heterocycles. The zero-order chi connectivity index (χ0) is 10.7. The lowest BCUT2D eigenvalue weighted by Crippen LogP contribution is -2.42. The van der Waals surface area contributed by atoms with Crippen LogP contribution in [-0.2, 0) is 4.74 Å². The van der Waals surface area contributed by atoms with Crippen LogP contribution in [0.1, 0.15) is 19.3 Å². The van der Waals surface area contributed by atoms with Gasteiger partial charge in [-0.15, -0.1) is 0 Å². The van der Waals surface area contributed by atoms with Gasteiger partial charge in [-0.1, -0.05) is 11.6 Å². The third kappa shape index (κ3) is 2.41. The lowest BCUT2D eigenvalue weighted by atomic mass is 10.0. The second-order valence-corrected chi connectivity index (χ2v) is 4.56. The molecule has 84 valence electrons. The molecule has 1 atom stereocenters. The van der Waals surface area contributed by atoms with Gasteiger partial charge in [0.2, 0.25) is 0 Å². The van der Waals surface area contributed by atoms with E-state index in [1.807, 2.05) is 0 Å². The molecule has 1 fully saturated rings. The van der Waals surface area contributed by atoms with E-state index in [0.717, 1.165) is 25.4 Å². The van der Waals surface area contributed by atoms with Crippen LogP contribution in [0.4, 0.5) is 5.82 Å². The third-order valence-corrected chi connectivity index (χ3v) is 3.56. The van der Waals surface area contributed by atoms with Gasteiger partial charge in [-0.25, -0.2) is 0 Å². The summed E-state index contributed by atoms with van der Waals surface area (Å²) >= 11 is 7.16. The first kappa shape index (κ1) is 11.1. The lowest BCUT2D eigenvalue weighted by Gasteiger charge is -2.35. The summed E-state index contributed by atoms with van der Waals surface area (Å²) in [6.45, 7) is 1.73. The van der Waals surface area contributed by atoms with E-state index in [9.17, 15) is 0 Å². The van der Waals surface area contributed by atoms with Gasteiger partial charge in [0.1, 0.15) is 0 Å². The molecule has 1 aromatic rings. The first-order valence-electron chi connectivity index (χ1n) is 5.06. The molecular formula is C9H14ClN3OS. The van der Waals surface area contributed by atoms with Gasteiger partial charge >= 0.3 is 0 Å². The summed E-state index contributed by atoms with van der Waals surface area (Å²) in [4.78, 5) is 2.22. The molecule has 1 aliphatic heterocycles. The molecule has 0 radical (unpaired) electrons. The van der Waals surface area contributed by atoms with Crippen LogP contribution in [0.15, 0.2) is 0 Å². The first-order valence-corrected chi connectivity index (χ1v) is 6.17. The molecule has 0 amide bonds. The van der Waals surface area contributed by atoms with Crippen LogP contribution in [-0.4, -0.2) is 35.1 Å². The Morgan fingerprint density at radius 1 is 1.53 bits per heavy atom. The molecule has 1 saturated heterocycles. The highest BCUT2D eigenvalue weighted by Crippen LogP contribution is 2.29. The predicted octanol–water partition coefficient (Wildman–Crippen LogP) is 2.20. The number of methoxy groups -OCH3 is 1. The number of nitrogens with zero attached hydrogens (tertiary/aromatic N) is 3. The van der Waals surface area contributed by atoms with Crippen LogP contribution in [0.2, 0.25) is 5.15 Å². The van der Waals surface area contributed by atoms with Gasteiger partial charge in [-0.05, 0) is 19.3 Å². The van der Waals surface area contributed by atoms with Crippen molar-refractivity contribution in [3.8, 4) is 0 Å². The van der Waals surface area contributed by atoms with Crippen molar-refractivity contribution < 1.29 is 4.74 Å². The van der Waals surface area contributed by atoms with E-state index in [0.29, 0.717) is 11.2 Å². The molecule has 0 N–H and O–H groups in total. The second-order valence-electron chi connectivity index (χ2n) is 3.68. The van der Waals surface area contributed by atoms with Gasteiger partial charge in [0.15, 0.2) is 11.0 Å². The maximum atomic E-state index is 5.99. The Morgan fingerprint density at radius 2 is 2.40 bits per heavy atom. The van der Waals surface area contributed by atoms with E-state index in [2.05, 4.69) is 13.6 Å². The van der Waals surface area contributed by atoms with E-state index in [4.69, 9.17) is 16.3 Å². The number of piperidine rings is 1. The number of anilines is 1. The highest BCUT2D eigenvalue weighted by Gasteiger charge is 2.26. The molecule has 0 saturated carbocycles. The molecule has 1 aliphatic rings. The fourth-order valence-electron chi connectivity index (χ4n) is 1.99. The van der Waals surface area contributed by atoms with Gasteiger partial charge in [-0.2, -0.15) is 8.75 Å². The Bertz CT molecular complexity index is 318. The van der Waals surface area contributed by atoms with Gasteiger partial charge in [0.05, 0.1) is 24.4 Å². The predicted molar refractivity (Wildman–Crippen MR) is 61.8 cm³/mol. The number of ether oxygens (including phenoxy) is 1. The largest absolute Gasteiger partial charge is 0.383 e. The first-order chi connectivity index (χ1) is 7.33. The zero-order valence-corrected chi connectivity index (χ0v) is 10.2. The minimum atomic E-state index is 0.394. The minimum absolute atomic E-state index is 0.394. The highest BCUT2D eigenvalue weighted by atomic mass is 35.5. The van der Waals surface area contributed by atoms with Gasteiger partial charge in [0, 0.05) is 13.7 Å². The van der Waals surface area contributed by atoms with Crippen molar-refractivity contribution in [2.24, 2.45) is 0 Å². The summed E-state index contributed by atoms with van der Waals surface area (Å²) in [5, 5.41) is 0.517. The van der Waals surface area contributed by atoms with Gasteiger partial charge < -0.3 is 9.64 Å². The van der Waals surface area contributed by atoms with Crippen molar-refractivity contribution >= 4 is 29.1 Å². The molecule has 0 bridgehead atoms. The summed E-state index contributed by atoms with van der Waals surface area (Å²) in [5.74, 6) is 0.823. The normalized spacial score (nSPS) is 22.0. The summed E-state index contributed by atoms with van der Waals surface area (Å²) in [7, 11) is 1.73. The monoisotopic (exact) mass is 247 g/mol. The van der Waals surface area contributed by atoms with E-state index in [1.54, 1.807) is 7.11 Å². The molecule has 2 rings (SSSR count). The molecule has 1 unspecified atom stereocenters. The van der Waals surface area contributed by atoms with Crippen molar-refractivity contribution in [2.75, 3.05) is 25.2 Å². The summed E-state index contributed by atoms with van der Waals surface area (Å²) in [5.41, 5.74) is 0. The fraction of sp³-hybridized carbons (Fsp3) is 0.778. The van der Waals surface area contributed by atoms with Crippen molar-refractivity contribution in [1.82, 2.24) is 8.75 Å². The lowest BCUT2D eigenvalue weighted by molar-refractivity contribution is 0.166. The second kappa shape index (κ2) is 5.09. The van der Waals surface area contributed by atoms with Crippen LogP contribution >= 0.6 is 23.3 Å². The molecule has 0 aromatic carbocycles. The molecule has 15 heavy (non-hydrogen) atoms. The van der Waals surface area contributed by atoms with E-state index < -0.39 is 0 Å². The van der Waals surface area contributed by atoms with Crippen LogP contribution in [0, 0.1) is 0 Å². The number of aromatic nitrogens is 2. The van der Waals surface area contributed by atoms with E-state index in [-0.39, 0.29) is 0 Å². The van der Waals surface area contributed by atoms with Gasteiger partial charge in [0.25, 0.3) is 0 Å². The number of hydrogen-bond donors (Lipinski definition) is 0. The van der Waals surface area contributed by atoms with Crippen LogP contribution in [0.5, 0.6) is 0 Å². The van der Waals surface area contributed by atoms with Crippen molar-refractivity contribution in [3.63, 3.8) is 0 Å². The van der Waals surface area contributed by atoms with Gasteiger partial charge in [-0.3, -0.25) is 0 Å². The average Bonchev–Trinajstić information content (AvgIpc) is 2.66. The quantitative estimate of drug-likeness (QED) is 0.821. The SMILES string of the molecule is COCC1CCCCN1c1nsnc1Cl. The standard InChI is InChI=1S/C9H14ClN3OS/c1-14-6-7-4-2-3-5-13(7)9-8(10)11-15-12-9/h7H,2-6H2,1H3. The van der Waals surface area contributed by atoms with Crippen molar-refractivity contribution in [2.45, 2.75) is 25.3 Å². The Kier molecular flexibility index (Phi) is 3.77. The molecule has 4 nitrogen and oxygen atoms in total. The van der Waals surface area contributed by atoms with Crippen LogP contribution in [0.25, 0.3) is 0 Å². The smallest absolute Gasteiger partial charge is 0.187 e. The Labute approximate surface area is 98.5 Å². The average molecular weight is 248 g/mol. The Morgan fingerprint density at radius 3 is 3.07 bits per heavy atom. The fourth-order valence-corrected chi connectivity index (χ4v) is 2.75. The van der Waals surface area contributed by atoms with Crippen LogP contribution in [0.3, 0.4) is 0 Å². The van der Waals surface area contributed by atoms with E-state index in [1.165, 1.54) is 24.6 Å². The van der Waals surface area contributed by atoms with E-state index >= 15 is 0 Å². The maximum Gasteiger partial charge on any atom is 0.187 e. The number of halogens is 1.